The zero-order valence-corrected chi connectivity index (χ0v) is 27.8. The Morgan fingerprint density at radius 1 is 0.604 bits per heavy atom. The number of nitriles is 2. The van der Waals surface area contributed by atoms with Crippen molar-refractivity contribution in [1.29, 1.82) is 10.5 Å². The molecule has 0 spiro atoms. The fourth-order valence-electron chi connectivity index (χ4n) is 6.24. The van der Waals surface area contributed by atoms with E-state index in [1.807, 2.05) is 24.3 Å². The molecule has 0 saturated heterocycles. The number of hydrogen-bond donors (Lipinski definition) is 0. The molecule has 0 atom stereocenters. The van der Waals surface area contributed by atoms with Crippen molar-refractivity contribution in [2.45, 2.75) is 78.1 Å². The van der Waals surface area contributed by atoms with Crippen LogP contribution < -0.4 is 9.47 Å². The first-order chi connectivity index (χ1) is 23.4. The van der Waals surface area contributed by atoms with Crippen molar-refractivity contribution in [1.82, 2.24) is 0 Å². The maximum atomic E-state index is 13.4. The topological polar surface area (TPSA) is 100 Å². The number of nitrogens with zero attached hydrogens (tertiary/aromatic N) is 2. The Balaban J connectivity index is 1.23. The maximum Gasteiger partial charge on any atom is 0.314 e. The lowest BCUT2D eigenvalue weighted by Gasteiger charge is -2.26. The first-order valence-electron chi connectivity index (χ1n) is 17.1. The molecule has 0 N–H and O–H groups in total. The number of hydrogen-bond acceptors (Lipinski definition) is 6. The number of aryl methyl sites for hydroxylation is 2. The minimum atomic E-state index is -0.342. The van der Waals surface area contributed by atoms with Gasteiger partial charge in [0.1, 0.15) is 11.5 Å². The second-order valence-electron chi connectivity index (χ2n) is 12.6. The van der Waals surface area contributed by atoms with Crippen LogP contribution in [0, 0.1) is 34.5 Å². The quantitative estimate of drug-likeness (QED) is 0.113. The SMILES string of the molecule is CCCCc1ccc(-c2cc(C#N)ccc2OC(=O)C2CCC(C(=O)Oc3ccc(C#N)cc3-c3ccc(CCCC)cc3)CC2)cc1. The van der Waals surface area contributed by atoms with Gasteiger partial charge in [0.2, 0.25) is 0 Å². The molecular weight excluding hydrogens is 596 g/mol. The third-order valence-electron chi connectivity index (χ3n) is 9.20. The van der Waals surface area contributed by atoms with Crippen molar-refractivity contribution in [2.24, 2.45) is 11.8 Å². The van der Waals surface area contributed by atoms with E-state index in [0.29, 0.717) is 59.4 Å². The number of ether oxygens (including phenoxy) is 2. The summed E-state index contributed by atoms with van der Waals surface area (Å²) >= 11 is 0. The Hall–Kier alpha value is -5.20. The average molecular weight is 639 g/mol. The monoisotopic (exact) mass is 638 g/mol. The lowest BCUT2D eigenvalue weighted by Crippen LogP contribution is -2.30. The van der Waals surface area contributed by atoms with Gasteiger partial charge in [-0.05, 0) is 110 Å². The third-order valence-corrected chi connectivity index (χ3v) is 9.20. The van der Waals surface area contributed by atoms with Gasteiger partial charge < -0.3 is 9.47 Å². The molecule has 0 aromatic heterocycles. The summed E-state index contributed by atoms with van der Waals surface area (Å²) in [7, 11) is 0. The molecule has 4 aromatic rings. The summed E-state index contributed by atoms with van der Waals surface area (Å²) < 4.78 is 11.9. The van der Waals surface area contributed by atoms with Crippen molar-refractivity contribution in [3.63, 3.8) is 0 Å². The molecule has 6 nitrogen and oxygen atoms in total. The molecular formula is C42H42N2O4. The highest BCUT2D eigenvalue weighted by molar-refractivity contribution is 5.82. The molecule has 244 valence electrons. The third kappa shape index (κ3) is 8.58. The molecule has 5 rings (SSSR count). The lowest BCUT2D eigenvalue weighted by atomic mass is 9.82. The molecule has 1 aliphatic rings. The molecule has 0 unspecified atom stereocenters. The smallest absolute Gasteiger partial charge is 0.314 e. The van der Waals surface area contributed by atoms with Crippen molar-refractivity contribution in [2.75, 3.05) is 0 Å². The molecule has 4 aromatic carbocycles. The number of rotatable bonds is 12. The number of esters is 2. The van der Waals surface area contributed by atoms with E-state index in [1.165, 1.54) is 11.1 Å². The summed E-state index contributed by atoms with van der Waals surface area (Å²) in [5.41, 5.74) is 6.66. The predicted octanol–water partition coefficient (Wildman–Crippen LogP) is 9.77. The van der Waals surface area contributed by atoms with E-state index in [0.717, 1.165) is 49.7 Å². The van der Waals surface area contributed by atoms with Crippen LogP contribution in [0.1, 0.15) is 87.5 Å². The van der Waals surface area contributed by atoms with Crippen LogP contribution in [0.3, 0.4) is 0 Å². The molecule has 6 heteroatoms. The van der Waals surface area contributed by atoms with Crippen LogP contribution in [0.25, 0.3) is 22.3 Å². The van der Waals surface area contributed by atoms with Gasteiger partial charge in [-0.15, -0.1) is 0 Å². The Morgan fingerprint density at radius 2 is 0.979 bits per heavy atom. The van der Waals surface area contributed by atoms with Crippen LogP contribution >= 0.6 is 0 Å². The number of carbonyl (C=O) groups is 2. The summed E-state index contributed by atoms with van der Waals surface area (Å²) in [5.74, 6) is -0.494. The van der Waals surface area contributed by atoms with Crippen LogP contribution in [0.2, 0.25) is 0 Å². The molecule has 0 aliphatic heterocycles. The average Bonchev–Trinajstić information content (AvgIpc) is 3.14. The maximum absolute atomic E-state index is 13.4. The van der Waals surface area contributed by atoms with Gasteiger partial charge >= 0.3 is 11.9 Å². The van der Waals surface area contributed by atoms with Crippen LogP contribution in [0.15, 0.2) is 84.9 Å². The van der Waals surface area contributed by atoms with Gasteiger partial charge in [0.15, 0.2) is 0 Å². The number of unbranched alkanes of at least 4 members (excludes halogenated alkanes) is 2. The van der Waals surface area contributed by atoms with Gasteiger partial charge in [0, 0.05) is 11.1 Å². The second kappa shape index (κ2) is 16.6. The summed E-state index contributed by atoms with van der Waals surface area (Å²) in [5, 5.41) is 19.0. The van der Waals surface area contributed by atoms with Gasteiger partial charge in [-0.3, -0.25) is 9.59 Å². The van der Waals surface area contributed by atoms with E-state index in [1.54, 1.807) is 36.4 Å². The molecule has 1 fully saturated rings. The van der Waals surface area contributed by atoms with Gasteiger partial charge in [0.25, 0.3) is 0 Å². The standard InChI is InChI=1S/C42H42N2O4/c1-3-5-7-29-9-15-33(16-10-29)37-25-31(27-43)13-23-39(37)47-41(45)35-19-21-36(22-20-35)42(46)48-40-24-14-32(28-44)26-38(40)34-17-11-30(12-18-34)8-6-4-2/h9-18,23-26,35-36H,3-8,19-22H2,1-2H3. The first-order valence-corrected chi connectivity index (χ1v) is 17.1. The fourth-order valence-corrected chi connectivity index (χ4v) is 6.24. The van der Waals surface area contributed by atoms with Crippen molar-refractivity contribution in [3.8, 4) is 45.9 Å². The Labute approximate surface area is 284 Å². The number of carbonyl (C=O) groups excluding carboxylic acids is 2. The lowest BCUT2D eigenvalue weighted by molar-refractivity contribution is -0.145. The minimum Gasteiger partial charge on any atom is -0.426 e. The van der Waals surface area contributed by atoms with Crippen molar-refractivity contribution >= 4 is 11.9 Å². The van der Waals surface area contributed by atoms with E-state index in [4.69, 9.17) is 9.47 Å². The summed E-state index contributed by atoms with van der Waals surface area (Å²) in [6.45, 7) is 4.34. The van der Waals surface area contributed by atoms with Gasteiger partial charge in [-0.1, -0.05) is 75.2 Å². The van der Waals surface area contributed by atoms with Crippen LogP contribution in [-0.2, 0) is 22.4 Å². The Kier molecular flexibility index (Phi) is 11.8. The molecule has 0 heterocycles. The van der Waals surface area contributed by atoms with E-state index >= 15 is 0 Å². The minimum absolute atomic E-state index is 0.330. The summed E-state index contributed by atoms with van der Waals surface area (Å²) in [6.07, 6.45) is 8.55. The number of benzene rings is 4. The largest absolute Gasteiger partial charge is 0.426 e. The van der Waals surface area contributed by atoms with Crippen LogP contribution in [0.4, 0.5) is 0 Å². The van der Waals surface area contributed by atoms with Gasteiger partial charge in [-0.25, -0.2) is 0 Å². The summed E-state index contributed by atoms with van der Waals surface area (Å²) in [4.78, 5) is 26.7. The second-order valence-corrected chi connectivity index (χ2v) is 12.6. The highest BCUT2D eigenvalue weighted by Gasteiger charge is 2.33. The van der Waals surface area contributed by atoms with Crippen LogP contribution in [-0.4, -0.2) is 11.9 Å². The van der Waals surface area contributed by atoms with E-state index < -0.39 is 0 Å². The summed E-state index contributed by atoms with van der Waals surface area (Å²) in [6, 6.07) is 31.0. The van der Waals surface area contributed by atoms with E-state index in [-0.39, 0.29) is 23.8 Å². The molecule has 0 radical (unpaired) electrons. The Bertz CT molecular complexity index is 1670. The van der Waals surface area contributed by atoms with Crippen molar-refractivity contribution in [3.05, 3.63) is 107 Å². The molecule has 48 heavy (non-hydrogen) atoms. The van der Waals surface area contributed by atoms with Gasteiger partial charge in [0.05, 0.1) is 35.1 Å². The zero-order chi connectivity index (χ0) is 33.9. The highest BCUT2D eigenvalue weighted by Crippen LogP contribution is 2.37. The van der Waals surface area contributed by atoms with E-state index in [2.05, 4.69) is 50.3 Å². The first kappa shape index (κ1) is 34.1. The molecule has 0 amide bonds. The molecule has 1 aliphatic carbocycles. The molecule has 0 bridgehead atoms. The zero-order valence-electron chi connectivity index (χ0n) is 27.8. The normalized spacial score (nSPS) is 15.6. The van der Waals surface area contributed by atoms with Gasteiger partial charge in [-0.2, -0.15) is 10.5 Å². The Morgan fingerprint density at radius 3 is 1.31 bits per heavy atom. The van der Waals surface area contributed by atoms with Crippen molar-refractivity contribution < 1.29 is 19.1 Å². The highest BCUT2D eigenvalue weighted by atomic mass is 16.5. The molecule has 1 saturated carbocycles. The fraction of sp³-hybridized carbons (Fsp3) is 0.333. The van der Waals surface area contributed by atoms with E-state index in [9.17, 15) is 20.1 Å². The predicted molar refractivity (Wildman–Crippen MR) is 187 cm³/mol. The van der Waals surface area contributed by atoms with Crippen LogP contribution in [0.5, 0.6) is 11.5 Å².